The third kappa shape index (κ3) is 4.90. The van der Waals surface area contributed by atoms with Gasteiger partial charge in [-0.3, -0.25) is 14.4 Å². The van der Waals surface area contributed by atoms with Gasteiger partial charge in [0.05, 0.1) is 5.69 Å². The molecule has 1 N–H and O–H groups in total. The maximum absolute atomic E-state index is 13.3. The Kier molecular flexibility index (Phi) is 6.56. The van der Waals surface area contributed by atoms with Crippen molar-refractivity contribution in [3.63, 3.8) is 0 Å². The molecule has 4 rings (SSSR count). The second-order valence-corrected chi connectivity index (χ2v) is 8.83. The molecule has 2 aliphatic rings. The summed E-state index contributed by atoms with van der Waals surface area (Å²) >= 11 is 1.25. The fourth-order valence-electron chi connectivity index (χ4n) is 3.87. The summed E-state index contributed by atoms with van der Waals surface area (Å²) in [6.07, 6.45) is 4.07. The highest BCUT2D eigenvalue weighted by Crippen LogP contribution is 2.39. The quantitative estimate of drug-likeness (QED) is 0.735. The molecule has 1 unspecified atom stereocenters. The summed E-state index contributed by atoms with van der Waals surface area (Å²) in [5.74, 6) is -1.38. The van der Waals surface area contributed by atoms with Crippen molar-refractivity contribution in [3.8, 4) is 0 Å². The molecule has 6 nitrogen and oxygen atoms in total. The molecule has 1 fully saturated rings. The van der Waals surface area contributed by atoms with Gasteiger partial charge in [-0.2, -0.15) is 0 Å². The molecule has 1 saturated heterocycles. The second kappa shape index (κ2) is 9.51. The minimum atomic E-state index is -0.897. The van der Waals surface area contributed by atoms with Crippen LogP contribution in [0.3, 0.4) is 0 Å². The van der Waals surface area contributed by atoms with Crippen LogP contribution in [-0.2, 0) is 14.4 Å². The van der Waals surface area contributed by atoms with Crippen molar-refractivity contribution in [2.45, 2.75) is 35.8 Å². The van der Waals surface area contributed by atoms with E-state index in [9.17, 15) is 18.8 Å². The van der Waals surface area contributed by atoms with E-state index in [-0.39, 0.29) is 18.4 Å². The summed E-state index contributed by atoms with van der Waals surface area (Å²) in [6, 6.07) is 12.7. The summed E-state index contributed by atoms with van der Waals surface area (Å²) in [5, 5.41) is 1.79. The van der Waals surface area contributed by atoms with Crippen LogP contribution in [0.15, 0.2) is 53.4 Å². The average Bonchev–Trinajstić information content (AvgIpc) is 3.06. The number of hydrogen-bond acceptors (Lipinski definition) is 4. The van der Waals surface area contributed by atoms with Crippen LogP contribution in [0.1, 0.15) is 25.7 Å². The van der Waals surface area contributed by atoms with E-state index in [4.69, 9.17) is 0 Å². The Bertz CT molecular complexity index is 974. The molecule has 0 radical (unpaired) electrons. The number of nitrogens with one attached hydrogen (secondary N) is 1. The number of para-hydroxylation sites is 1. The zero-order valence-electron chi connectivity index (χ0n) is 17.1. The van der Waals surface area contributed by atoms with Gasteiger partial charge in [-0.1, -0.05) is 25.0 Å². The van der Waals surface area contributed by atoms with Crippen molar-refractivity contribution in [3.05, 3.63) is 54.3 Å². The second-order valence-electron chi connectivity index (χ2n) is 7.68. The molecule has 2 heterocycles. The molecular formula is C23H24FN3O3S. The highest BCUT2D eigenvalue weighted by Gasteiger charge is 2.40. The van der Waals surface area contributed by atoms with E-state index in [0.29, 0.717) is 24.5 Å². The van der Waals surface area contributed by atoms with E-state index in [1.807, 2.05) is 12.1 Å². The highest BCUT2D eigenvalue weighted by atomic mass is 32.2. The lowest BCUT2D eigenvalue weighted by Gasteiger charge is -2.34. The first kappa shape index (κ1) is 21.4. The van der Waals surface area contributed by atoms with E-state index < -0.39 is 17.0 Å². The Morgan fingerprint density at radius 3 is 2.39 bits per heavy atom. The van der Waals surface area contributed by atoms with Gasteiger partial charge < -0.3 is 15.1 Å². The van der Waals surface area contributed by atoms with Crippen LogP contribution in [0.2, 0.25) is 0 Å². The molecule has 3 amide bonds. The van der Waals surface area contributed by atoms with Gasteiger partial charge in [0, 0.05) is 23.7 Å². The van der Waals surface area contributed by atoms with Gasteiger partial charge >= 0.3 is 0 Å². The molecule has 0 aliphatic carbocycles. The molecule has 31 heavy (non-hydrogen) atoms. The Hall–Kier alpha value is -2.87. The average molecular weight is 442 g/mol. The lowest BCUT2D eigenvalue weighted by molar-refractivity contribution is -0.135. The van der Waals surface area contributed by atoms with Crippen LogP contribution in [0, 0.1) is 5.82 Å². The van der Waals surface area contributed by atoms with Gasteiger partial charge in [-0.25, -0.2) is 4.39 Å². The molecule has 8 heteroatoms. The number of nitrogens with zero attached hydrogens (tertiary/aromatic N) is 2. The van der Waals surface area contributed by atoms with Crippen LogP contribution in [-0.4, -0.2) is 47.5 Å². The SMILES string of the molecule is O=C(CN1C(=O)C(C(=O)N2CCCCCC2)Sc2ccccc21)Nc1ccc(F)cc1. The number of hydrogen-bond donors (Lipinski definition) is 1. The number of carbonyl (C=O) groups is 3. The Labute approximate surface area is 184 Å². The number of anilines is 2. The zero-order valence-corrected chi connectivity index (χ0v) is 17.9. The van der Waals surface area contributed by atoms with Gasteiger partial charge in [0.1, 0.15) is 12.4 Å². The van der Waals surface area contributed by atoms with Crippen LogP contribution in [0.25, 0.3) is 0 Å². The Morgan fingerprint density at radius 1 is 1.00 bits per heavy atom. The third-order valence-corrected chi connectivity index (χ3v) is 6.70. The predicted molar refractivity (Wildman–Crippen MR) is 119 cm³/mol. The summed E-state index contributed by atoms with van der Waals surface area (Å²) in [7, 11) is 0. The van der Waals surface area contributed by atoms with Crippen LogP contribution >= 0.6 is 11.8 Å². The number of halogens is 1. The molecular weight excluding hydrogens is 417 g/mol. The lowest BCUT2D eigenvalue weighted by Crippen LogP contribution is -2.51. The Morgan fingerprint density at radius 2 is 1.68 bits per heavy atom. The normalized spacial score (nSPS) is 18.9. The molecule has 2 aromatic rings. The number of amides is 3. The summed E-state index contributed by atoms with van der Waals surface area (Å²) in [5.41, 5.74) is 1.06. The number of fused-ring (bicyclic) bond motifs is 1. The van der Waals surface area contributed by atoms with E-state index in [1.54, 1.807) is 17.0 Å². The number of rotatable bonds is 4. The van der Waals surface area contributed by atoms with Gasteiger partial charge in [-0.15, -0.1) is 11.8 Å². The van der Waals surface area contributed by atoms with Crippen molar-refractivity contribution in [1.29, 1.82) is 0 Å². The minimum absolute atomic E-state index is 0.185. The van der Waals surface area contributed by atoms with E-state index >= 15 is 0 Å². The summed E-state index contributed by atoms with van der Waals surface area (Å²) in [4.78, 5) is 43.1. The highest BCUT2D eigenvalue weighted by molar-refractivity contribution is 8.01. The van der Waals surface area contributed by atoms with Crippen molar-refractivity contribution in [2.75, 3.05) is 29.9 Å². The third-order valence-electron chi connectivity index (χ3n) is 5.46. The number of benzene rings is 2. The topological polar surface area (TPSA) is 69.7 Å². The molecule has 2 aromatic carbocycles. The number of thioether (sulfide) groups is 1. The Balaban J connectivity index is 1.54. The summed E-state index contributed by atoms with van der Waals surface area (Å²) in [6.45, 7) is 1.10. The molecule has 2 aliphatic heterocycles. The number of carbonyl (C=O) groups excluding carboxylic acids is 3. The fraction of sp³-hybridized carbons (Fsp3) is 0.348. The van der Waals surface area contributed by atoms with E-state index in [2.05, 4.69) is 5.32 Å². The molecule has 0 aromatic heterocycles. The van der Waals surface area contributed by atoms with Crippen LogP contribution < -0.4 is 10.2 Å². The smallest absolute Gasteiger partial charge is 0.250 e. The first-order valence-electron chi connectivity index (χ1n) is 10.4. The monoisotopic (exact) mass is 441 g/mol. The van der Waals surface area contributed by atoms with Gasteiger partial charge in [0.25, 0.3) is 5.91 Å². The lowest BCUT2D eigenvalue weighted by atomic mass is 10.2. The van der Waals surface area contributed by atoms with Crippen LogP contribution in [0.4, 0.5) is 15.8 Å². The predicted octanol–water partition coefficient (Wildman–Crippen LogP) is 3.67. The molecule has 0 bridgehead atoms. The standard InChI is InChI=1S/C23H24FN3O3S/c24-16-9-11-17(12-10-16)25-20(28)15-27-18-7-3-4-8-19(18)31-21(23(27)30)22(29)26-13-5-1-2-6-14-26/h3-4,7-12,21H,1-2,5-6,13-15H2,(H,25,28). The van der Waals surface area contributed by atoms with Gasteiger partial charge in [-0.05, 0) is 49.2 Å². The maximum atomic E-state index is 13.3. The van der Waals surface area contributed by atoms with Gasteiger partial charge in [0.15, 0.2) is 5.25 Å². The summed E-state index contributed by atoms with van der Waals surface area (Å²) < 4.78 is 13.1. The first-order valence-corrected chi connectivity index (χ1v) is 11.3. The fourth-order valence-corrected chi connectivity index (χ4v) is 5.06. The van der Waals surface area contributed by atoms with Crippen molar-refractivity contribution < 1.29 is 18.8 Å². The van der Waals surface area contributed by atoms with Crippen molar-refractivity contribution in [2.24, 2.45) is 0 Å². The maximum Gasteiger partial charge on any atom is 0.250 e. The van der Waals surface area contributed by atoms with Crippen LogP contribution in [0.5, 0.6) is 0 Å². The van der Waals surface area contributed by atoms with Crippen molar-refractivity contribution in [1.82, 2.24) is 4.90 Å². The van der Waals surface area contributed by atoms with Gasteiger partial charge in [0.2, 0.25) is 11.8 Å². The van der Waals surface area contributed by atoms with E-state index in [1.165, 1.54) is 40.9 Å². The molecule has 1 atom stereocenters. The first-order chi connectivity index (χ1) is 15.0. The molecule has 0 spiro atoms. The largest absolute Gasteiger partial charge is 0.341 e. The zero-order chi connectivity index (χ0) is 21.8. The minimum Gasteiger partial charge on any atom is -0.341 e. The number of likely N-dealkylation sites (tertiary alicyclic amines) is 1. The van der Waals surface area contributed by atoms with E-state index in [0.717, 1.165) is 30.6 Å². The molecule has 162 valence electrons. The molecule has 0 saturated carbocycles. The van der Waals surface area contributed by atoms with Crippen molar-refractivity contribution >= 4 is 40.9 Å².